The summed E-state index contributed by atoms with van der Waals surface area (Å²) in [5.41, 5.74) is -1.97. The largest absolute Gasteiger partial charge is 0.354 e. The first-order valence-corrected chi connectivity index (χ1v) is 10.2. The molecule has 0 radical (unpaired) electrons. The second-order valence-electron chi connectivity index (χ2n) is 7.95. The van der Waals surface area contributed by atoms with Gasteiger partial charge in [0.2, 0.25) is 11.8 Å². The molecular weight excluding hydrogens is 328 g/mol. The SMILES string of the molecule is CCCCCCNC(=O)C(C)(C)N=NC(C)(C)C(=O)NCCCCCC. The number of nitrogens with zero attached hydrogens (tertiary/aromatic N) is 2. The third kappa shape index (κ3) is 10.5. The Kier molecular flexibility index (Phi) is 12.1. The van der Waals surface area contributed by atoms with E-state index in [1.54, 1.807) is 27.7 Å². The van der Waals surface area contributed by atoms with Crippen LogP contribution in [-0.2, 0) is 9.59 Å². The van der Waals surface area contributed by atoms with Gasteiger partial charge in [0.05, 0.1) is 0 Å². The van der Waals surface area contributed by atoms with Crippen molar-refractivity contribution in [1.82, 2.24) is 10.6 Å². The Morgan fingerprint density at radius 2 is 1.00 bits per heavy atom. The van der Waals surface area contributed by atoms with Gasteiger partial charge in [-0.3, -0.25) is 9.59 Å². The van der Waals surface area contributed by atoms with Crippen LogP contribution in [0.5, 0.6) is 0 Å². The van der Waals surface area contributed by atoms with Crippen LogP contribution in [0.1, 0.15) is 92.9 Å². The Bertz CT molecular complexity index is 405. The highest BCUT2D eigenvalue weighted by molar-refractivity contribution is 5.86. The minimum atomic E-state index is -0.983. The van der Waals surface area contributed by atoms with Gasteiger partial charge in [-0.2, -0.15) is 10.2 Å². The van der Waals surface area contributed by atoms with Gasteiger partial charge in [-0.1, -0.05) is 52.4 Å². The molecule has 0 aliphatic carbocycles. The first kappa shape index (κ1) is 24.5. The molecule has 0 fully saturated rings. The fraction of sp³-hybridized carbons (Fsp3) is 0.900. The van der Waals surface area contributed by atoms with Gasteiger partial charge in [0.25, 0.3) is 0 Å². The number of azo groups is 1. The molecule has 26 heavy (non-hydrogen) atoms. The summed E-state index contributed by atoms with van der Waals surface area (Å²) in [6.45, 7) is 12.5. The highest BCUT2D eigenvalue weighted by Crippen LogP contribution is 2.16. The predicted octanol–water partition coefficient (Wildman–Crippen LogP) is 4.39. The third-order valence-electron chi connectivity index (χ3n) is 4.29. The maximum Gasteiger partial charge on any atom is 0.249 e. The van der Waals surface area contributed by atoms with Crippen molar-refractivity contribution in [3.05, 3.63) is 0 Å². The Labute approximate surface area is 160 Å². The van der Waals surface area contributed by atoms with Crippen molar-refractivity contribution in [3.8, 4) is 0 Å². The van der Waals surface area contributed by atoms with E-state index in [1.165, 1.54) is 25.7 Å². The van der Waals surface area contributed by atoms with E-state index in [0.29, 0.717) is 13.1 Å². The van der Waals surface area contributed by atoms with Crippen molar-refractivity contribution in [2.75, 3.05) is 13.1 Å². The van der Waals surface area contributed by atoms with E-state index >= 15 is 0 Å². The molecule has 0 heterocycles. The Balaban J connectivity index is 4.42. The molecule has 0 atom stereocenters. The van der Waals surface area contributed by atoms with Crippen LogP contribution in [0.3, 0.4) is 0 Å². The van der Waals surface area contributed by atoms with Crippen LogP contribution < -0.4 is 10.6 Å². The number of unbranched alkanes of at least 4 members (excludes halogenated alkanes) is 6. The minimum absolute atomic E-state index is 0.159. The number of hydrogen-bond acceptors (Lipinski definition) is 4. The quantitative estimate of drug-likeness (QED) is 0.352. The van der Waals surface area contributed by atoms with Crippen molar-refractivity contribution in [2.24, 2.45) is 10.2 Å². The monoisotopic (exact) mass is 368 g/mol. The van der Waals surface area contributed by atoms with Gasteiger partial charge in [-0.05, 0) is 40.5 Å². The summed E-state index contributed by atoms with van der Waals surface area (Å²) in [6.07, 6.45) is 8.88. The fourth-order valence-electron chi connectivity index (χ4n) is 2.28. The first-order chi connectivity index (χ1) is 12.2. The number of amides is 2. The van der Waals surface area contributed by atoms with Crippen molar-refractivity contribution < 1.29 is 9.59 Å². The zero-order valence-electron chi connectivity index (χ0n) is 17.8. The third-order valence-corrected chi connectivity index (χ3v) is 4.29. The molecule has 0 aromatic carbocycles. The van der Waals surface area contributed by atoms with Gasteiger partial charge in [0, 0.05) is 13.1 Å². The van der Waals surface area contributed by atoms with Crippen molar-refractivity contribution >= 4 is 11.8 Å². The molecule has 0 unspecified atom stereocenters. The highest BCUT2D eigenvalue weighted by atomic mass is 16.2. The summed E-state index contributed by atoms with van der Waals surface area (Å²) < 4.78 is 0. The van der Waals surface area contributed by atoms with Gasteiger partial charge in [0.15, 0.2) is 11.1 Å². The lowest BCUT2D eigenvalue weighted by Crippen LogP contribution is -2.43. The zero-order chi connectivity index (χ0) is 20.1. The van der Waals surface area contributed by atoms with Crippen LogP contribution in [0.25, 0.3) is 0 Å². The first-order valence-electron chi connectivity index (χ1n) is 10.2. The van der Waals surface area contributed by atoms with Crippen LogP contribution in [0.15, 0.2) is 10.2 Å². The summed E-state index contributed by atoms with van der Waals surface area (Å²) in [5, 5.41) is 14.2. The second kappa shape index (κ2) is 12.8. The standard InChI is InChI=1S/C20H40N4O2/c1-7-9-11-13-15-21-17(25)19(3,4)23-24-20(5,6)18(26)22-16-14-12-10-8-2/h7-16H2,1-6H3,(H,21,25)(H,22,26). The van der Waals surface area contributed by atoms with E-state index in [0.717, 1.165) is 25.7 Å². The number of hydrogen-bond donors (Lipinski definition) is 2. The Hall–Kier alpha value is -1.46. The van der Waals surface area contributed by atoms with Crippen LogP contribution in [0.4, 0.5) is 0 Å². The number of rotatable bonds is 14. The van der Waals surface area contributed by atoms with Crippen LogP contribution in [0.2, 0.25) is 0 Å². The van der Waals surface area contributed by atoms with Crippen LogP contribution in [0, 0.1) is 0 Å². The Morgan fingerprint density at radius 1 is 0.654 bits per heavy atom. The average Bonchev–Trinajstić information content (AvgIpc) is 2.59. The summed E-state index contributed by atoms with van der Waals surface area (Å²) in [4.78, 5) is 24.6. The maximum atomic E-state index is 12.3. The molecule has 2 amide bonds. The summed E-state index contributed by atoms with van der Waals surface area (Å²) in [5.74, 6) is -0.318. The molecule has 0 aliphatic heterocycles. The van der Waals surface area contributed by atoms with E-state index in [1.807, 2.05) is 0 Å². The lowest BCUT2D eigenvalue weighted by atomic mass is 10.0. The van der Waals surface area contributed by atoms with Gasteiger partial charge in [0.1, 0.15) is 0 Å². The average molecular weight is 369 g/mol. The van der Waals surface area contributed by atoms with Crippen LogP contribution >= 0.6 is 0 Å². The molecule has 6 heteroatoms. The van der Waals surface area contributed by atoms with Gasteiger partial charge >= 0.3 is 0 Å². The van der Waals surface area contributed by atoms with Gasteiger partial charge in [-0.15, -0.1) is 0 Å². The normalized spacial score (nSPS) is 12.4. The van der Waals surface area contributed by atoms with Gasteiger partial charge < -0.3 is 10.6 Å². The lowest BCUT2D eigenvalue weighted by Gasteiger charge is -2.22. The van der Waals surface area contributed by atoms with E-state index in [-0.39, 0.29) is 11.8 Å². The fourth-order valence-corrected chi connectivity index (χ4v) is 2.28. The highest BCUT2D eigenvalue weighted by Gasteiger charge is 2.31. The molecule has 0 saturated carbocycles. The molecule has 0 rings (SSSR count). The molecule has 0 spiro atoms. The molecule has 0 saturated heterocycles. The van der Waals surface area contributed by atoms with Crippen molar-refractivity contribution in [2.45, 2.75) is 104 Å². The summed E-state index contributed by atoms with van der Waals surface area (Å²) >= 11 is 0. The number of nitrogens with one attached hydrogen (secondary N) is 2. The van der Waals surface area contributed by atoms with E-state index in [4.69, 9.17) is 0 Å². The van der Waals surface area contributed by atoms with Crippen molar-refractivity contribution in [3.63, 3.8) is 0 Å². The van der Waals surface area contributed by atoms with Crippen molar-refractivity contribution in [1.29, 1.82) is 0 Å². The summed E-state index contributed by atoms with van der Waals surface area (Å²) in [7, 11) is 0. The predicted molar refractivity (Wildman–Crippen MR) is 107 cm³/mol. The molecule has 0 aromatic rings. The lowest BCUT2D eigenvalue weighted by molar-refractivity contribution is -0.127. The van der Waals surface area contributed by atoms with E-state index < -0.39 is 11.1 Å². The molecule has 0 aliphatic rings. The zero-order valence-corrected chi connectivity index (χ0v) is 17.8. The molecule has 2 N–H and O–H groups in total. The number of carbonyl (C=O) groups is 2. The van der Waals surface area contributed by atoms with Crippen LogP contribution in [-0.4, -0.2) is 36.0 Å². The number of carbonyl (C=O) groups excluding carboxylic acids is 2. The van der Waals surface area contributed by atoms with E-state index in [2.05, 4.69) is 34.7 Å². The Morgan fingerprint density at radius 3 is 1.31 bits per heavy atom. The molecule has 0 aromatic heterocycles. The molecule has 6 nitrogen and oxygen atoms in total. The summed E-state index contributed by atoms with van der Waals surface area (Å²) in [6, 6.07) is 0. The van der Waals surface area contributed by atoms with Gasteiger partial charge in [-0.25, -0.2) is 0 Å². The topological polar surface area (TPSA) is 82.9 Å². The molecular formula is C20H40N4O2. The second-order valence-corrected chi connectivity index (χ2v) is 7.95. The molecule has 152 valence electrons. The molecule has 0 bridgehead atoms. The maximum absolute atomic E-state index is 12.3. The smallest absolute Gasteiger partial charge is 0.249 e. The minimum Gasteiger partial charge on any atom is -0.354 e. The van der Waals surface area contributed by atoms with E-state index in [9.17, 15) is 9.59 Å².